The smallest absolute Gasteiger partial charge is 0.0140 e. The minimum Gasteiger partial charge on any atom is -0.255 e. The fourth-order valence-electron chi connectivity index (χ4n) is 1.60. The van der Waals surface area contributed by atoms with Crippen LogP contribution < -0.4 is 0 Å². The van der Waals surface area contributed by atoms with Gasteiger partial charge in [-0.25, -0.2) is 0 Å². The molecule has 0 aliphatic carbocycles. The van der Waals surface area contributed by atoms with Crippen LogP contribution in [0.1, 0.15) is 27.7 Å². The molecule has 11 heavy (non-hydrogen) atoms. The summed E-state index contributed by atoms with van der Waals surface area (Å²) in [5.74, 6) is 0. The molecule has 0 aromatic rings. The fourth-order valence-corrected chi connectivity index (χ4v) is 6.33. The molecule has 0 atom stereocenters. The van der Waals surface area contributed by atoms with Gasteiger partial charge in [0, 0.05) is 12.1 Å². The van der Waals surface area contributed by atoms with Crippen LogP contribution in [0.5, 0.6) is 0 Å². The largest absolute Gasteiger partial charge is 0.255 e. The number of hydrogen-bond acceptors (Lipinski definition) is 1. The third-order valence-electron chi connectivity index (χ3n) is 1.52. The highest BCUT2D eigenvalue weighted by molar-refractivity contribution is 14.2. The summed E-state index contributed by atoms with van der Waals surface area (Å²) in [7, 11) is -0.560. The summed E-state index contributed by atoms with van der Waals surface area (Å²) in [5, 5.41) is 0. The second-order valence-corrected chi connectivity index (χ2v) is 12.9. The summed E-state index contributed by atoms with van der Waals surface area (Å²) in [6.45, 7) is 9.08. The molecular formula is C8H20INS. The molecule has 0 aliphatic rings. The predicted octanol–water partition coefficient (Wildman–Crippen LogP) is 3.43. The van der Waals surface area contributed by atoms with Gasteiger partial charge in [-0.2, -0.15) is 0 Å². The molecule has 0 rings (SSSR count). The molecule has 0 bridgehead atoms. The Morgan fingerprint density at radius 2 is 1.27 bits per heavy atom. The molecule has 0 radical (unpaired) electrons. The van der Waals surface area contributed by atoms with E-state index < -0.39 is 7.39 Å². The monoisotopic (exact) mass is 289 g/mol. The molecule has 0 aromatic carbocycles. The second kappa shape index (κ2) is 4.33. The Labute approximate surface area is 85.0 Å². The Hall–Kier alpha value is 1.04. The van der Waals surface area contributed by atoms with Gasteiger partial charge >= 0.3 is 0 Å². The average Bonchev–Trinajstić information content (AvgIpc) is 1.54. The molecular weight excluding hydrogens is 269 g/mol. The minimum atomic E-state index is -0.560. The lowest BCUT2D eigenvalue weighted by atomic mass is 10.3. The third kappa shape index (κ3) is 3.99. The van der Waals surface area contributed by atoms with Gasteiger partial charge in [-0.15, -0.1) is 7.39 Å². The summed E-state index contributed by atoms with van der Waals surface area (Å²) in [6.07, 6.45) is 4.68. The van der Waals surface area contributed by atoms with E-state index in [0.29, 0.717) is 12.1 Å². The lowest BCUT2D eigenvalue weighted by Crippen LogP contribution is -2.36. The lowest BCUT2D eigenvalue weighted by molar-refractivity contribution is 0.332. The van der Waals surface area contributed by atoms with Crippen molar-refractivity contribution in [1.82, 2.24) is 4.31 Å². The van der Waals surface area contributed by atoms with Crippen molar-refractivity contribution in [2.75, 3.05) is 12.5 Å². The van der Waals surface area contributed by atoms with Crippen molar-refractivity contribution in [1.29, 1.82) is 0 Å². The van der Waals surface area contributed by atoms with E-state index >= 15 is 0 Å². The van der Waals surface area contributed by atoms with Gasteiger partial charge in [-0.1, -0.05) is 0 Å². The van der Waals surface area contributed by atoms with E-state index in [9.17, 15) is 0 Å². The molecule has 0 fully saturated rings. The maximum atomic E-state index is 2.59. The van der Waals surface area contributed by atoms with E-state index in [4.69, 9.17) is 0 Å². The first-order valence-corrected chi connectivity index (χ1v) is 8.93. The van der Waals surface area contributed by atoms with Crippen LogP contribution in [-0.4, -0.2) is 28.9 Å². The molecule has 3 heteroatoms. The van der Waals surface area contributed by atoms with Crippen molar-refractivity contribution in [2.24, 2.45) is 0 Å². The Bertz CT molecular complexity index is 110. The van der Waals surface area contributed by atoms with Gasteiger partial charge < -0.3 is 0 Å². The van der Waals surface area contributed by atoms with E-state index in [-0.39, 0.29) is 0 Å². The Balaban J connectivity index is 4.35. The maximum Gasteiger partial charge on any atom is 0.0140 e. The van der Waals surface area contributed by atoms with Crippen LogP contribution in [0.3, 0.4) is 0 Å². The molecule has 0 saturated heterocycles. The van der Waals surface area contributed by atoms with Gasteiger partial charge in [0.1, 0.15) is 0 Å². The van der Waals surface area contributed by atoms with E-state index in [2.05, 4.69) is 65.7 Å². The summed E-state index contributed by atoms with van der Waals surface area (Å²) < 4.78 is 2.59. The Kier molecular flexibility index (Phi) is 4.73. The van der Waals surface area contributed by atoms with E-state index in [0.717, 1.165) is 0 Å². The van der Waals surface area contributed by atoms with Gasteiger partial charge in [-0.05, 0) is 61.4 Å². The number of hydrogen-bond donors (Lipinski definition) is 0. The van der Waals surface area contributed by atoms with E-state index in [1.807, 2.05) is 0 Å². The van der Waals surface area contributed by atoms with Gasteiger partial charge in [0.05, 0.1) is 0 Å². The van der Waals surface area contributed by atoms with Gasteiger partial charge in [0.25, 0.3) is 0 Å². The highest BCUT2D eigenvalue weighted by atomic mass is 127. The van der Waals surface area contributed by atoms with Gasteiger partial charge in [-0.3, -0.25) is 4.31 Å². The van der Waals surface area contributed by atoms with Crippen LogP contribution in [0, 0.1) is 0 Å². The molecule has 0 aliphatic heterocycles. The summed E-state index contributed by atoms with van der Waals surface area (Å²) in [4.78, 5) is 0. The van der Waals surface area contributed by atoms with Crippen molar-refractivity contribution in [3.63, 3.8) is 0 Å². The number of nitrogens with zero attached hydrogens (tertiary/aromatic N) is 1. The molecule has 0 amide bonds. The quantitative estimate of drug-likeness (QED) is 0.719. The molecule has 0 heterocycles. The number of rotatable bonds is 3. The van der Waals surface area contributed by atoms with Crippen LogP contribution in [0.15, 0.2) is 0 Å². The standard InChI is InChI=1S/C8H20INS/c1-7(2)10(8(3)4)11(5,6)9/h7-8H,1-6H3. The van der Waals surface area contributed by atoms with Crippen LogP contribution in [0.25, 0.3) is 0 Å². The minimum absolute atomic E-state index is 0.560. The van der Waals surface area contributed by atoms with Crippen molar-refractivity contribution in [3.05, 3.63) is 0 Å². The highest BCUT2D eigenvalue weighted by Gasteiger charge is 2.23. The van der Waals surface area contributed by atoms with Crippen molar-refractivity contribution in [3.8, 4) is 0 Å². The maximum absolute atomic E-state index is 2.59. The summed E-state index contributed by atoms with van der Waals surface area (Å²) in [5.41, 5.74) is 0. The lowest BCUT2D eigenvalue weighted by Gasteiger charge is -2.44. The van der Waals surface area contributed by atoms with Crippen LogP contribution >= 0.6 is 28.6 Å². The van der Waals surface area contributed by atoms with Gasteiger partial charge in [0.2, 0.25) is 0 Å². The van der Waals surface area contributed by atoms with Gasteiger partial charge in [0.15, 0.2) is 0 Å². The van der Waals surface area contributed by atoms with Crippen molar-refractivity contribution in [2.45, 2.75) is 39.8 Å². The first-order valence-electron chi connectivity index (χ1n) is 3.98. The fraction of sp³-hybridized carbons (Fsp3) is 1.00. The average molecular weight is 289 g/mol. The summed E-state index contributed by atoms with van der Waals surface area (Å²) in [6, 6.07) is 1.33. The Morgan fingerprint density at radius 3 is 1.27 bits per heavy atom. The topological polar surface area (TPSA) is 3.24 Å². The highest BCUT2D eigenvalue weighted by Crippen LogP contribution is 2.54. The molecule has 1 nitrogen and oxygen atoms in total. The predicted molar refractivity (Wildman–Crippen MR) is 65.6 cm³/mol. The van der Waals surface area contributed by atoms with Crippen molar-refractivity contribution < 1.29 is 0 Å². The van der Waals surface area contributed by atoms with Crippen LogP contribution in [0.4, 0.5) is 0 Å². The van der Waals surface area contributed by atoms with E-state index in [1.165, 1.54) is 0 Å². The van der Waals surface area contributed by atoms with Crippen LogP contribution in [-0.2, 0) is 0 Å². The SMILES string of the molecule is CC(C)N(C(C)C)S(C)(C)I. The molecule has 0 saturated carbocycles. The van der Waals surface area contributed by atoms with E-state index in [1.54, 1.807) is 0 Å². The molecule has 0 unspecified atom stereocenters. The first kappa shape index (κ1) is 12.0. The molecule has 0 spiro atoms. The zero-order valence-electron chi connectivity index (χ0n) is 8.39. The normalized spacial score (nSPS) is 15.1. The first-order chi connectivity index (χ1) is 4.76. The molecule has 0 N–H and O–H groups in total. The third-order valence-corrected chi connectivity index (χ3v) is 4.73. The second-order valence-electron chi connectivity index (χ2n) is 3.70. The summed E-state index contributed by atoms with van der Waals surface area (Å²) >= 11 is 2.58. The number of halogens is 1. The Morgan fingerprint density at radius 1 is 1.00 bits per heavy atom. The molecule has 0 aromatic heterocycles. The van der Waals surface area contributed by atoms with Crippen LogP contribution in [0.2, 0.25) is 0 Å². The van der Waals surface area contributed by atoms with Crippen molar-refractivity contribution >= 4 is 28.6 Å². The zero-order chi connectivity index (χ0) is 9.23. The molecule has 70 valence electrons. The zero-order valence-corrected chi connectivity index (χ0v) is 11.4.